The molecule has 0 aliphatic carbocycles. The summed E-state index contributed by atoms with van der Waals surface area (Å²) in [4.78, 5) is 25.3. The minimum atomic E-state index is -0.820. The number of carboxylic acid groups (broad SMARTS) is 1. The number of nitrogens with zero attached hydrogens (tertiary/aromatic N) is 2. The molecule has 1 unspecified atom stereocenters. The highest BCUT2D eigenvalue weighted by molar-refractivity contribution is 5.93. The first-order valence-corrected chi connectivity index (χ1v) is 7.86. The lowest BCUT2D eigenvalue weighted by Gasteiger charge is -2.17. The van der Waals surface area contributed by atoms with Crippen molar-refractivity contribution < 1.29 is 14.7 Å². The first-order valence-electron chi connectivity index (χ1n) is 7.86. The van der Waals surface area contributed by atoms with Crippen LogP contribution in [0.3, 0.4) is 0 Å². The Morgan fingerprint density at radius 1 is 1.13 bits per heavy atom. The van der Waals surface area contributed by atoms with Crippen molar-refractivity contribution in [2.75, 3.05) is 13.1 Å². The second kappa shape index (κ2) is 6.69. The normalized spacial score (nSPS) is 17.4. The highest BCUT2D eigenvalue weighted by atomic mass is 16.4. The Bertz CT molecular complexity index is 693. The van der Waals surface area contributed by atoms with Crippen LogP contribution >= 0.6 is 0 Å². The van der Waals surface area contributed by atoms with Crippen LogP contribution in [0.4, 0.5) is 0 Å². The van der Waals surface area contributed by atoms with E-state index >= 15 is 0 Å². The number of hydrogen-bond acceptors (Lipinski definition) is 2. The van der Waals surface area contributed by atoms with Crippen molar-refractivity contribution in [3.63, 3.8) is 0 Å². The summed E-state index contributed by atoms with van der Waals surface area (Å²) in [5.41, 5.74) is 1.86. The maximum Gasteiger partial charge on any atom is 0.308 e. The average Bonchev–Trinajstić information content (AvgIpc) is 3.22. The number of hydrogen-bond donors (Lipinski definition) is 1. The van der Waals surface area contributed by atoms with Gasteiger partial charge in [0.25, 0.3) is 5.91 Å². The fraction of sp³-hybridized carbons (Fsp3) is 0.333. The number of carboxylic acids is 1. The summed E-state index contributed by atoms with van der Waals surface area (Å²) in [5, 5.41) is 9.07. The standard InChI is InChI=1S/C18H20N2O3/c21-17(20-12-9-15(13-20)18(22)23)16-7-4-10-19(16)11-8-14-5-2-1-3-6-14/h1-7,10,15H,8-9,11-13H2,(H,22,23). The molecule has 2 aromatic rings. The summed E-state index contributed by atoms with van der Waals surface area (Å²) in [5.74, 6) is -1.33. The SMILES string of the molecule is O=C(O)C1CCN(C(=O)c2cccn2CCc2ccccc2)C1. The third-order valence-electron chi connectivity index (χ3n) is 4.36. The van der Waals surface area contributed by atoms with Crippen molar-refractivity contribution in [3.8, 4) is 0 Å². The predicted molar refractivity (Wildman–Crippen MR) is 86.2 cm³/mol. The molecule has 0 bridgehead atoms. The minimum absolute atomic E-state index is 0.0770. The molecule has 1 atom stereocenters. The first-order chi connectivity index (χ1) is 11.1. The van der Waals surface area contributed by atoms with Crippen molar-refractivity contribution in [2.24, 2.45) is 5.92 Å². The molecule has 1 aromatic carbocycles. The largest absolute Gasteiger partial charge is 0.481 e. The number of aliphatic carboxylic acids is 1. The van der Waals surface area contributed by atoms with Gasteiger partial charge in [-0.2, -0.15) is 0 Å². The number of carbonyl (C=O) groups is 2. The molecule has 1 N–H and O–H groups in total. The molecule has 0 spiro atoms. The molecule has 5 nitrogen and oxygen atoms in total. The van der Waals surface area contributed by atoms with E-state index in [9.17, 15) is 9.59 Å². The molecule has 1 aliphatic heterocycles. The van der Waals surface area contributed by atoms with E-state index in [1.54, 1.807) is 11.0 Å². The number of aryl methyl sites for hydroxylation is 2. The van der Waals surface area contributed by atoms with Gasteiger partial charge in [0.15, 0.2) is 0 Å². The van der Waals surface area contributed by atoms with Crippen LogP contribution in [0.2, 0.25) is 0 Å². The minimum Gasteiger partial charge on any atom is -0.481 e. The Morgan fingerprint density at radius 2 is 1.91 bits per heavy atom. The van der Waals surface area contributed by atoms with E-state index in [0.29, 0.717) is 25.2 Å². The molecule has 1 aromatic heterocycles. The lowest BCUT2D eigenvalue weighted by molar-refractivity contribution is -0.141. The van der Waals surface area contributed by atoms with Crippen LogP contribution in [0.25, 0.3) is 0 Å². The lowest BCUT2D eigenvalue weighted by Crippen LogP contribution is -2.31. The number of benzene rings is 1. The highest BCUT2D eigenvalue weighted by Crippen LogP contribution is 2.19. The smallest absolute Gasteiger partial charge is 0.308 e. The summed E-state index contributed by atoms with van der Waals surface area (Å²) in [7, 11) is 0. The van der Waals surface area contributed by atoms with E-state index in [1.807, 2.05) is 35.0 Å². The third kappa shape index (κ3) is 3.44. The van der Waals surface area contributed by atoms with E-state index in [1.165, 1.54) is 5.56 Å². The maximum absolute atomic E-state index is 12.6. The Labute approximate surface area is 135 Å². The summed E-state index contributed by atoms with van der Waals surface area (Å²) in [6, 6.07) is 13.8. The van der Waals surface area contributed by atoms with Crippen LogP contribution in [0.15, 0.2) is 48.7 Å². The molecule has 0 saturated carbocycles. The average molecular weight is 312 g/mol. The van der Waals surface area contributed by atoms with Gasteiger partial charge in [0, 0.05) is 25.8 Å². The van der Waals surface area contributed by atoms with Crippen LogP contribution < -0.4 is 0 Å². The highest BCUT2D eigenvalue weighted by Gasteiger charge is 2.32. The van der Waals surface area contributed by atoms with Gasteiger partial charge in [0.1, 0.15) is 5.69 Å². The van der Waals surface area contributed by atoms with Crippen molar-refractivity contribution >= 4 is 11.9 Å². The maximum atomic E-state index is 12.6. The molecule has 5 heteroatoms. The number of carbonyl (C=O) groups excluding carboxylic acids is 1. The van der Waals surface area contributed by atoms with Crippen molar-refractivity contribution in [1.82, 2.24) is 9.47 Å². The molecule has 23 heavy (non-hydrogen) atoms. The Hall–Kier alpha value is -2.56. The topological polar surface area (TPSA) is 62.5 Å². The number of rotatable bonds is 5. The van der Waals surface area contributed by atoms with Crippen LogP contribution in [0.1, 0.15) is 22.5 Å². The summed E-state index contributed by atoms with van der Waals surface area (Å²) >= 11 is 0. The van der Waals surface area contributed by atoms with Gasteiger partial charge in [-0.3, -0.25) is 9.59 Å². The zero-order valence-electron chi connectivity index (χ0n) is 12.9. The van der Waals surface area contributed by atoms with E-state index in [-0.39, 0.29) is 5.91 Å². The summed E-state index contributed by atoms with van der Waals surface area (Å²) in [6.07, 6.45) is 3.29. The van der Waals surface area contributed by atoms with Crippen molar-refractivity contribution in [2.45, 2.75) is 19.4 Å². The molecule has 3 rings (SSSR count). The number of amides is 1. The van der Waals surface area contributed by atoms with E-state index < -0.39 is 11.9 Å². The van der Waals surface area contributed by atoms with Gasteiger partial charge < -0.3 is 14.6 Å². The quantitative estimate of drug-likeness (QED) is 0.921. The van der Waals surface area contributed by atoms with Crippen LogP contribution in [-0.4, -0.2) is 39.5 Å². The van der Waals surface area contributed by atoms with E-state index in [4.69, 9.17) is 5.11 Å². The summed E-state index contributed by atoms with van der Waals surface area (Å²) < 4.78 is 1.95. The monoisotopic (exact) mass is 312 g/mol. The Kier molecular flexibility index (Phi) is 4.46. The molecule has 1 fully saturated rings. The van der Waals surface area contributed by atoms with Crippen LogP contribution in [0, 0.1) is 5.92 Å². The molecule has 2 heterocycles. The molecule has 1 saturated heterocycles. The van der Waals surface area contributed by atoms with Crippen molar-refractivity contribution in [3.05, 3.63) is 59.9 Å². The van der Waals surface area contributed by atoms with Gasteiger partial charge in [0.05, 0.1) is 5.92 Å². The fourth-order valence-corrected chi connectivity index (χ4v) is 3.01. The van der Waals surface area contributed by atoms with Gasteiger partial charge in [0.2, 0.25) is 0 Å². The van der Waals surface area contributed by atoms with E-state index in [2.05, 4.69) is 12.1 Å². The van der Waals surface area contributed by atoms with Gasteiger partial charge in [-0.25, -0.2) is 0 Å². The van der Waals surface area contributed by atoms with Crippen LogP contribution in [0.5, 0.6) is 0 Å². The van der Waals surface area contributed by atoms with Gasteiger partial charge in [-0.05, 0) is 30.5 Å². The molecule has 0 radical (unpaired) electrons. The van der Waals surface area contributed by atoms with E-state index in [0.717, 1.165) is 13.0 Å². The third-order valence-corrected chi connectivity index (χ3v) is 4.36. The Balaban J connectivity index is 1.66. The second-order valence-electron chi connectivity index (χ2n) is 5.90. The zero-order chi connectivity index (χ0) is 16.2. The first kappa shape index (κ1) is 15.3. The zero-order valence-corrected chi connectivity index (χ0v) is 12.9. The van der Waals surface area contributed by atoms with Gasteiger partial charge in [-0.1, -0.05) is 30.3 Å². The summed E-state index contributed by atoms with van der Waals surface area (Å²) in [6.45, 7) is 1.55. The Morgan fingerprint density at radius 3 is 2.61 bits per heavy atom. The molecule has 1 amide bonds. The number of likely N-dealkylation sites (tertiary alicyclic amines) is 1. The predicted octanol–water partition coefficient (Wildman–Crippen LogP) is 2.28. The fourth-order valence-electron chi connectivity index (χ4n) is 3.01. The second-order valence-corrected chi connectivity index (χ2v) is 5.90. The number of aromatic nitrogens is 1. The molecular weight excluding hydrogens is 292 g/mol. The lowest BCUT2D eigenvalue weighted by atomic mass is 10.1. The van der Waals surface area contributed by atoms with Gasteiger partial charge >= 0.3 is 5.97 Å². The van der Waals surface area contributed by atoms with Gasteiger partial charge in [-0.15, -0.1) is 0 Å². The molecule has 120 valence electrons. The van der Waals surface area contributed by atoms with Crippen LogP contribution in [-0.2, 0) is 17.8 Å². The van der Waals surface area contributed by atoms with Crippen molar-refractivity contribution in [1.29, 1.82) is 0 Å². The molecule has 1 aliphatic rings. The molecular formula is C18H20N2O3.